The molecule has 0 aliphatic rings. The second kappa shape index (κ2) is 9.16. The quantitative estimate of drug-likeness (QED) is 0.346. The molecule has 30 heavy (non-hydrogen) atoms. The number of ether oxygens (including phenoxy) is 1. The number of carbonyl (C=O) groups is 1. The normalized spacial score (nSPS) is 11.0. The molecule has 0 saturated heterocycles. The minimum Gasteiger partial charge on any atom is -0.436 e. The Morgan fingerprint density at radius 3 is 2.63 bits per heavy atom. The number of nitrogens with zero attached hydrogens (tertiary/aromatic N) is 3. The molecule has 0 fully saturated rings. The number of hydrogen-bond acceptors (Lipinski definition) is 5. The minimum absolute atomic E-state index is 0.0581. The first-order valence-corrected chi connectivity index (χ1v) is 9.20. The van der Waals surface area contributed by atoms with Crippen LogP contribution in [0.15, 0.2) is 54.2 Å². The average Bonchev–Trinajstić information content (AvgIpc) is 2.72. The van der Waals surface area contributed by atoms with Gasteiger partial charge in [-0.2, -0.15) is 14.6 Å². The van der Waals surface area contributed by atoms with E-state index in [1.54, 1.807) is 30.3 Å². The van der Waals surface area contributed by atoms with Crippen LogP contribution < -0.4 is 10.1 Å². The van der Waals surface area contributed by atoms with Crippen LogP contribution in [-0.2, 0) is 4.79 Å². The van der Waals surface area contributed by atoms with Crippen molar-refractivity contribution in [3.63, 3.8) is 0 Å². The number of amides is 1. The van der Waals surface area contributed by atoms with Gasteiger partial charge >= 0.3 is 0 Å². The summed E-state index contributed by atoms with van der Waals surface area (Å²) in [6.45, 7) is 3.84. The molecule has 3 aromatic rings. The first kappa shape index (κ1) is 21.0. The van der Waals surface area contributed by atoms with Gasteiger partial charge in [-0.15, -0.1) is 0 Å². The van der Waals surface area contributed by atoms with Crippen LogP contribution in [0.1, 0.15) is 16.7 Å². The fourth-order valence-electron chi connectivity index (χ4n) is 2.61. The molecule has 0 radical (unpaired) electrons. The van der Waals surface area contributed by atoms with Gasteiger partial charge in [0, 0.05) is 5.69 Å². The van der Waals surface area contributed by atoms with Crippen LogP contribution >= 0.6 is 11.6 Å². The lowest BCUT2D eigenvalue weighted by Crippen LogP contribution is -2.14. The number of anilines is 1. The van der Waals surface area contributed by atoms with Crippen molar-refractivity contribution in [1.29, 1.82) is 5.26 Å². The van der Waals surface area contributed by atoms with Gasteiger partial charge in [-0.1, -0.05) is 29.8 Å². The van der Waals surface area contributed by atoms with Crippen LogP contribution in [0.5, 0.6) is 11.6 Å². The highest BCUT2D eigenvalue weighted by atomic mass is 35.5. The Morgan fingerprint density at radius 2 is 1.97 bits per heavy atom. The molecular weight excluding hydrogens is 407 g/mol. The molecule has 1 aromatic heterocycles. The highest BCUT2D eigenvalue weighted by molar-refractivity contribution is 6.28. The monoisotopic (exact) mass is 422 g/mol. The molecule has 8 heteroatoms. The molecule has 0 saturated carbocycles. The van der Waals surface area contributed by atoms with E-state index in [0.29, 0.717) is 17.0 Å². The fraction of sp³-hybridized carbons (Fsp3) is 0.0909. The summed E-state index contributed by atoms with van der Waals surface area (Å²) in [5.41, 5.74) is 3.15. The van der Waals surface area contributed by atoms with E-state index < -0.39 is 11.7 Å². The molecule has 6 nitrogen and oxygen atoms in total. The van der Waals surface area contributed by atoms with Crippen LogP contribution in [0.4, 0.5) is 10.1 Å². The van der Waals surface area contributed by atoms with Crippen molar-refractivity contribution in [3.8, 4) is 17.7 Å². The molecule has 0 spiro atoms. The molecule has 0 atom stereocenters. The SMILES string of the molecule is Cc1ccc(NC(=O)C(C#N)=Cc2ccc(Oc3nc(Cl)ncc3F)cc2)c(C)c1. The maximum absolute atomic E-state index is 13.7. The fourth-order valence-corrected chi connectivity index (χ4v) is 2.73. The minimum atomic E-state index is -0.752. The first-order chi connectivity index (χ1) is 14.4. The van der Waals surface area contributed by atoms with Crippen LogP contribution in [0.3, 0.4) is 0 Å². The second-order valence-corrected chi connectivity index (χ2v) is 6.74. The predicted molar refractivity (Wildman–Crippen MR) is 112 cm³/mol. The van der Waals surface area contributed by atoms with E-state index in [1.807, 2.05) is 32.0 Å². The summed E-state index contributed by atoms with van der Waals surface area (Å²) in [6, 6.07) is 13.9. The molecule has 1 heterocycles. The van der Waals surface area contributed by atoms with Gasteiger partial charge in [-0.05, 0) is 60.9 Å². The summed E-state index contributed by atoms with van der Waals surface area (Å²) >= 11 is 5.64. The van der Waals surface area contributed by atoms with Crippen LogP contribution in [0.25, 0.3) is 6.08 Å². The van der Waals surface area contributed by atoms with E-state index in [0.717, 1.165) is 17.3 Å². The van der Waals surface area contributed by atoms with E-state index in [2.05, 4.69) is 15.3 Å². The highest BCUT2D eigenvalue weighted by Gasteiger charge is 2.12. The zero-order valence-corrected chi connectivity index (χ0v) is 16.9. The van der Waals surface area contributed by atoms with Gasteiger partial charge in [0.05, 0.1) is 6.20 Å². The first-order valence-electron chi connectivity index (χ1n) is 8.82. The van der Waals surface area contributed by atoms with E-state index in [1.165, 1.54) is 6.08 Å². The third kappa shape index (κ3) is 5.19. The number of carbonyl (C=O) groups excluding carboxylic acids is 1. The third-order valence-corrected chi connectivity index (χ3v) is 4.27. The molecule has 2 aromatic carbocycles. The molecular formula is C22H16ClFN4O2. The zero-order valence-electron chi connectivity index (χ0n) is 16.1. The zero-order chi connectivity index (χ0) is 21.7. The molecule has 0 aliphatic carbocycles. The maximum Gasteiger partial charge on any atom is 0.266 e. The third-order valence-electron chi connectivity index (χ3n) is 4.08. The topological polar surface area (TPSA) is 87.9 Å². The van der Waals surface area contributed by atoms with Crippen molar-refractivity contribution in [2.75, 3.05) is 5.32 Å². The molecule has 150 valence electrons. The van der Waals surface area contributed by atoms with Crippen LogP contribution in [0.2, 0.25) is 5.28 Å². The van der Waals surface area contributed by atoms with Crippen molar-refractivity contribution >= 4 is 29.3 Å². The number of rotatable bonds is 5. The van der Waals surface area contributed by atoms with Crippen molar-refractivity contribution in [2.24, 2.45) is 0 Å². The van der Waals surface area contributed by atoms with Gasteiger partial charge in [-0.3, -0.25) is 4.79 Å². The van der Waals surface area contributed by atoms with Gasteiger partial charge in [0.25, 0.3) is 11.8 Å². The van der Waals surface area contributed by atoms with E-state index in [4.69, 9.17) is 16.3 Å². The Labute approximate surface area is 177 Å². The summed E-state index contributed by atoms with van der Waals surface area (Å²) in [6.07, 6.45) is 2.36. The van der Waals surface area contributed by atoms with Crippen LogP contribution in [-0.4, -0.2) is 15.9 Å². The maximum atomic E-state index is 13.7. The molecule has 1 amide bonds. The number of nitrogens with one attached hydrogen (secondary N) is 1. The van der Waals surface area contributed by atoms with Crippen molar-refractivity contribution < 1.29 is 13.9 Å². The molecule has 0 aliphatic heterocycles. The van der Waals surface area contributed by atoms with Crippen molar-refractivity contribution in [3.05, 3.63) is 82.0 Å². The molecule has 1 N–H and O–H groups in total. The van der Waals surface area contributed by atoms with E-state index in [9.17, 15) is 14.4 Å². The van der Waals surface area contributed by atoms with Gasteiger partial charge in [-0.25, -0.2) is 4.98 Å². The van der Waals surface area contributed by atoms with Crippen molar-refractivity contribution in [2.45, 2.75) is 13.8 Å². The highest BCUT2D eigenvalue weighted by Crippen LogP contribution is 2.24. The van der Waals surface area contributed by atoms with Crippen molar-refractivity contribution in [1.82, 2.24) is 9.97 Å². The Bertz CT molecular complexity index is 1170. The lowest BCUT2D eigenvalue weighted by molar-refractivity contribution is -0.112. The number of aryl methyl sites for hydroxylation is 2. The number of benzene rings is 2. The second-order valence-electron chi connectivity index (χ2n) is 6.41. The summed E-state index contributed by atoms with van der Waals surface area (Å²) in [7, 11) is 0. The largest absolute Gasteiger partial charge is 0.436 e. The number of halogens is 2. The summed E-state index contributed by atoms with van der Waals surface area (Å²) in [5, 5.41) is 12.0. The number of hydrogen-bond donors (Lipinski definition) is 1. The Hall–Kier alpha value is -3.76. The Morgan fingerprint density at radius 1 is 1.23 bits per heavy atom. The lowest BCUT2D eigenvalue weighted by Gasteiger charge is -2.09. The summed E-state index contributed by atoms with van der Waals surface area (Å²) in [4.78, 5) is 19.7. The predicted octanol–water partition coefficient (Wildman–Crippen LogP) is 5.22. The van der Waals surface area contributed by atoms with Gasteiger partial charge < -0.3 is 10.1 Å². The van der Waals surface area contributed by atoms with Gasteiger partial charge in [0.2, 0.25) is 11.1 Å². The molecule has 0 unspecified atom stereocenters. The Kier molecular flexibility index (Phi) is 6.40. The lowest BCUT2D eigenvalue weighted by atomic mass is 10.1. The smallest absolute Gasteiger partial charge is 0.266 e. The Balaban J connectivity index is 1.75. The summed E-state index contributed by atoms with van der Waals surface area (Å²) < 4.78 is 19.0. The summed E-state index contributed by atoms with van der Waals surface area (Å²) in [5.74, 6) is -1.26. The number of nitriles is 1. The van der Waals surface area contributed by atoms with Gasteiger partial charge in [0.1, 0.15) is 17.4 Å². The van der Waals surface area contributed by atoms with E-state index in [-0.39, 0.29) is 16.7 Å². The molecule has 0 bridgehead atoms. The van der Waals surface area contributed by atoms with Gasteiger partial charge in [0.15, 0.2) is 0 Å². The van der Waals surface area contributed by atoms with Crippen LogP contribution in [0, 0.1) is 31.0 Å². The average molecular weight is 423 g/mol. The standard InChI is InChI=1S/C22H16ClFN4O2/c1-13-3-8-19(14(2)9-13)27-20(29)16(11-25)10-15-4-6-17(7-5-15)30-21-18(24)12-26-22(23)28-21/h3-10,12H,1-2H3,(H,27,29). The molecule has 3 rings (SSSR count). The van der Waals surface area contributed by atoms with E-state index >= 15 is 0 Å². The number of aromatic nitrogens is 2.